The second-order valence-corrected chi connectivity index (χ2v) is 8.47. The molecule has 1 fully saturated rings. The maximum atomic E-state index is 5.53. The molecule has 0 aromatic carbocycles. The van der Waals surface area contributed by atoms with Crippen LogP contribution in [0.15, 0.2) is 17.1 Å². The van der Waals surface area contributed by atoms with Crippen LogP contribution >= 0.6 is 11.3 Å². The van der Waals surface area contributed by atoms with E-state index < -0.39 is 0 Å². The summed E-state index contributed by atoms with van der Waals surface area (Å²) in [5.74, 6) is 0.837. The number of ether oxygens (including phenoxy) is 2. The second-order valence-electron chi connectivity index (χ2n) is 7.15. The van der Waals surface area contributed by atoms with Gasteiger partial charge in [0, 0.05) is 43.0 Å². The lowest BCUT2D eigenvalue weighted by atomic mass is 10.1. The summed E-state index contributed by atoms with van der Waals surface area (Å²) in [5, 5.41) is 6.87. The lowest BCUT2D eigenvalue weighted by molar-refractivity contribution is 0.0176. The summed E-state index contributed by atoms with van der Waals surface area (Å²) < 4.78 is 11.0. The third-order valence-corrected chi connectivity index (χ3v) is 5.66. The van der Waals surface area contributed by atoms with Gasteiger partial charge in [0.15, 0.2) is 5.96 Å². The van der Waals surface area contributed by atoms with Crippen LogP contribution in [0.25, 0.3) is 0 Å². The molecule has 1 aromatic rings. The number of hydrogen-bond acceptors (Lipinski definition) is 5. The standard InChI is InChI=1S/C19H34N4O2S/c1-6-20-18(22-14-19(3,4)24-5)21-13-16(17-8-7-15(2)26-17)23-9-11-25-12-10-23/h7-8,16H,6,9-14H2,1-5H3,(H2,20,21,22). The van der Waals surface area contributed by atoms with Crippen molar-refractivity contribution < 1.29 is 9.47 Å². The fourth-order valence-electron chi connectivity index (χ4n) is 2.80. The second kappa shape index (κ2) is 10.3. The molecular formula is C19H34N4O2S. The Labute approximate surface area is 162 Å². The minimum absolute atomic E-state index is 0.267. The molecule has 148 valence electrons. The summed E-state index contributed by atoms with van der Waals surface area (Å²) >= 11 is 1.87. The fraction of sp³-hybridized carbons (Fsp3) is 0.737. The predicted octanol–water partition coefficient (Wildman–Crippen LogP) is 2.41. The minimum atomic E-state index is -0.267. The van der Waals surface area contributed by atoms with Crippen molar-refractivity contribution >= 4 is 17.3 Å². The molecule has 0 spiro atoms. The van der Waals surface area contributed by atoms with E-state index in [2.05, 4.69) is 41.5 Å². The van der Waals surface area contributed by atoms with Crippen molar-refractivity contribution in [1.82, 2.24) is 15.5 Å². The van der Waals surface area contributed by atoms with E-state index in [9.17, 15) is 0 Å². The van der Waals surface area contributed by atoms with Gasteiger partial charge in [-0.05, 0) is 39.8 Å². The summed E-state index contributed by atoms with van der Waals surface area (Å²) in [6.45, 7) is 14.1. The van der Waals surface area contributed by atoms with Crippen LogP contribution in [-0.4, -0.2) is 69.5 Å². The first-order chi connectivity index (χ1) is 12.4. The highest BCUT2D eigenvalue weighted by atomic mass is 32.1. The molecule has 0 saturated carbocycles. The van der Waals surface area contributed by atoms with Crippen molar-refractivity contribution in [3.8, 4) is 0 Å². The van der Waals surface area contributed by atoms with E-state index in [0.717, 1.165) is 45.4 Å². The zero-order chi connectivity index (χ0) is 19.0. The lowest BCUT2D eigenvalue weighted by Gasteiger charge is -2.34. The molecule has 0 aliphatic carbocycles. The van der Waals surface area contributed by atoms with Crippen LogP contribution in [0.1, 0.15) is 36.6 Å². The number of nitrogens with zero attached hydrogens (tertiary/aromatic N) is 2. The summed E-state index contributed by atoms with van der Waals surface area (Å²) in [5.41, 5.74) is -0.267. The number of guanidine groups is 1. The van der Waals surface area contributed by atoms with Gasteiger partial charge in [0.05, 0.1) is 31.4 Å². The van der Waals surface area contributed by atoms with Gasteiger partial charge in [-0.2, -0.15) is 0 Å². The smallest absolute Gasteiger partial charge is 0.191 e. The monoisotopic (exact) mass is 382 g/mol. The van der Waals surface area contributed by atoms with Gasteiger partial charge in [0.25, 0.3) is 0 Å². The van der Waals surface area contributed by atoms with Crippen LogP contribution in [0.3, 0.4) is 0 Å². The van der Waals surface area contributed by atoms with Crippen LogP contribution in [0.4, 0.5) is 0 Å². The van der Waals surface area contributed by atoms with E-state index >= 15 is 0 Å². The lowest BCUT2D eigenvalue weighted by Crippen LogP contribution is -2.46. The van der Waals surface area contributed by atoms with Crippen molar-refractivity contribution in [2.75, 3.05) is 53.0 Å². The van der Waals surface area contributed by atoms with Gasteiger partial charge in [0.1, 0.15) is 0 Å². The molecule has 0 radical (unpaired) electrons. The molecule has 1 aliphatic rings. The molecule has 2 N–H and O–H groups in total. The zero-order valence-corrected chi connectivity index (χ0v) is 17.6. The van der Waals surface area contributed by atoms with E-state index in [1.807, 2.05) is 25.2 Å². The van der Waals surface area contributed by atoms with Gasteiger partial charge in [-0.25, -0.2) is 0 Å². The molecule has 1 unspecified atom stereocenters. The Hall–Kier alpha value is -1.15. The first-order valence-corrected chi connectivity index (χ1v) is 10.2. The Kier molecular flexibility index (Phi) is 8.34. The average molecular weight is 383 g/mol. The van der Waals surface area contributed by atoms with Crippen molar-refractivity contribution in [3.63, 3.8) is 0 Å². The van der Waals surface area contributed by atoms with Crippen molar-refractivity contribution in [1.29, 1.82) is 0 Å². The minimum Gasteiger partial charge on any atom is -0.379 e. The molecule has 7 heteroatoms. The summed E-state index contributed by atoms with van der Waals surface area (Å²) in [6.07, 6.45) is 0. The van der Waals surface area contributed by atoms with Crippen LogP contribution in [0, 0.1) is 6.92 Å². The maximum Gasteiger partial charge on any atom is 0.191 e. The van der Waals surface area contributed by atoms with Crippen LogP contribution in [-0.2, 0) is 9.47 Å². The highest BCUT2D eigenvalue weighted by Crippen LogP contribution is 2.27. The maximum absolute atomic E-state index is 5.53. The number of nitrogens with one attached hydrogen (secondary N) is 2. The van der Waals surface area contributed by atoms with Crippen molar-refractivity contribution in [3.05, 3.63) is 21.9 Å². The number of methoxy groups -OCH3 is 1. The molecule has 1 saturated heterocycles. The van der Waals surface area contributed by atoms with Gasteiger partial charge < -0.3 is 20.1 Å². The number of thiophene rings is 1. The van der Waals surface area contributed by atoms with E-state index in [1.165, 1.54) is 9.75 Å². The molecule has 2 heterocycles. The van der Waals surface area contributed by atoms with Crippen molar-refractivity contribution in [2.24, 2.45) is 4.99 Å². The van der Waals surface area contributed by atoms with Crippen LogP contribution in [0.2, 0.25) is 0 Å². The molecule has 1 aromatic heterocycles. The SMILES string of the molecule is CCNC(=NCC(C)(C)OC)NCC(c1ccc(C)s1)N1CCOCC1. The molecule has 0 bridgehead atoms. The quantitative estimate of drug-likeness (QED) is 0.534. The molecule has 1 atom stereocenters. The topological polar surface area (TPSA) is 58.1 Å². The van der Waals surface area contributed by atoms with Gasteiger partial charge in [-0.1, -0.05) is 0 Å². The van der Waals surface area contributed by atoms with Gasteiger partial charge in [-0.3, -0.25) is 9.89 Å². The highest BCUT2D eigenvalue weighted by molar-refractivity contribution is 7.12. The Morgan fingerprint density at radius 2 is 2.08 bits per heavy atom. The highest BCUT2D eigenvalue weighted by Gasteiger charge is 2.24. The first-order valence-electron chi connectivity index (χ1n) is 9.40. The summed E-state index contributed by atoms with van der Waals surface area (Å²) in [4.78, 5) is 9.95. The summed E-state index contributed by atoms with van der Waals surface area (Å²) in [7, 11) is 1.73. The normalized spacial score (nSPS) is 18.0. The average Bonchev–Trinajstić information content (AvgIpc) is 3.07. The van der Waals surface area contributed by atoms with E-state index in [4.69, 9.17) is 14.5 Å². The predicted molar refractivity (Wildman–Crippen MR) is 109 cm³/mol. The largest absolute Gasteiger partial charge is 0.379 e. The number of hydrogen-bond donors (Lipinski definition) is 2. The Morgan fingerprint density at radius 1 is 1.35 bits per heavy atom. The molecule has 1 aliphatic heterocycles. The fourth-order valence-corrected chi connectivity index (χ4v) is 3.81. The van der Waals surface area contributed by atoms with E-state index in [-0.39, 0.29) is 5.60 Å². The third kappa shape index (κ3) is 6.54. The first kappa shape index (κ1) is 21.2. The van der Waals surface area contributed by atoms with Gasteiger partial charge >= 0.3 is 0 Å². The van der Waals surface area contributed by atoms with Crippen LogP contribution < -0.4 is 10.6 Å². The van der Waals surface area contributed by atoms with Crippen molar-refractivity contribution in [2.45, 2.75) is 39.3 Å². The Balaban J connectivity index is 2.06. The van der Waals surface area contributed by atoms with Crippen LogP contribution in [0.5, 0.6) is 0 Å². The van der Waals surface area contributed by atoms with E-state index in [1.54, 1.807) is 7.11 Å². The van der Waals surface area contributed by atoms with E-state index in [0.29, 0.717) is 12.6 Å². The Bertz CT molecular complexity index is 568. The third-order valence-electron chi connectivity index (χ3n) is 4.55. The molecule has 0 amide bonds. The summed E-state index contributed by atoms with van der Waals surface area (Å²) in [6, 6.07) is 4.78. The van der Waals surface area contributed by atoms with Gasteiger partial charge in [0.2, 0.25) is 0 Å². The molecule has 26 heavy (non-hydrogen) atoms. The molecular weight excluding hydrogens is 348 g/mol. The number of rotatable bonds is 8. The number of aryl methyl sites for hydroxylation is 1. The molecule has 6 nitrogen and oxygen atoms in total. The molecule has 2 rings (SSSR count). The zero-order valence-electron chi connectivity index (χ0n) is 16.8. The number of aliphatic imine (C=N–C) groups is 1. The number of morpholine rings is 1. The Morgan fingerprint density at radius 3 is 2.65 bits per heavy atom. The van der Waals surface area contributed by atoms with Gasteiger partial charge in [-0.15, -0.1) is 11.3 Å².